The lowest BCUT2D eigenvalue weighted by atomic mass is 9.96. The Kier molecular flexibility index (Phi) is 3.71. The van der Waals surface area contributed by atoms with E-state index in [4.69, 9.17) is 4.74 Å². The van der Waals surface area contributed by atoms with Crippen molar-refractivity contribution in [3.63, 3.8) is 0 Å². The molecule has 3 aromatic rings. The highest BCUT2D eigenvalue weighted by Crippen LogP contribution is 2.47. The zero-order chi connectivity index (χ0) is 19.3. The highest BCUT2D eigenvalue weighted by molar-refractivity contribution is 5.78. The van der Waals surface area contributed by atoms with Crippen molar-refractivity contribution < 1.29 is 14.5 Å². The van der Waals surface area contributed by atoms with Crippen LogP contribution in [0.4, 0.5) is 10.5 Å². The van der Waals surface area contributed by atoms with Gasteiger partial charge >= 0.3 is 6.09 Å². The number of non-ortho nitro benzene ring substituents is 1. The maximum atomic E-state index is 12.6. The van der Waals surface area contributed by atoms with Crippen molar-refractivity contribution >= 4 is 22.8 Å². The number of rotatable bonds is 2. The van der Waals surface area contributed by atoms with Gasteiger partial charge in [0.1, 0.15) is 5.75 Å². The first kappa shape index (κ1) is 16.6. The number of piperidine rings is 1. The number of nitro groups is 1. The van der Waals surface area contributed by atoms with Crippen molar-refractivity contribution in [2.45, 2.75) is 18.3 Å². The minimum absolute atomic E-state index is 0.0412. The minimum Gasteiger partial charge on any atom is -0.410 e. The lowest BCUT2D eigenvalue weighted by molar-refractivity contribution is -0.384. The number of amides is 1. The predicted molar refractivity (Wildman–Crippen MR) is 100 cm³/mol. The summed E-state index contributed by atoms with van der Waals surface area (Å²) in [5.41, 5.74) is 4.18. The number of fused-ring (bicyclic) bond motifs is 6. The quantitative estimate of drug-likeness (QED) is 0.500. The van der Waals surface area contributed by atoms with E-state index in [9.17, 15) is 14.9 Å². The van der Waals surface area contributed by atoms with Gasteiger partial charge in [0, 0.05) is 49.5 Å². The molecule has 1 saturated heterocycles. The molecule has 8 heteroatoms. The van der Waals surface area contributed by atoms with Crippen molar-refractivity contribution in [3.8, 4) is 5.75 Å². The van der Waals surface area contributed by atoms with Crippen LogP contribution in [0.5, 0.6) is 5.75 Å². The van der Waals surface area contributed by atoms with E-state index < -0.39 is 11.0 Å². The summed E-state index contributed by atoms with van der Waals surface area (Å²) in [5.74, 6) is 0.805. The normalized spacial score (nSPS) is 20.1. The van der Waals surface area contributed by atoms with E-state index >= 15 is 0 Å². The zero-order valence-electron chi connectivity index (χ0n) is 14.8. The molecule has 1 aliphatic heterocycles. The number of hydrogen-bond donors (Lipinski definition) is 0. The first-order valence-electron chi connectivity index (χ1n) is 9.04. The summed E-state index contributed by atoms with van der Waals surface area (Å²) in [6, 6.07) is 9.70. The highest BCUT2D eigenvalue weighted by Gasteiger charge is 2.40. The molecule has 1 aliphatic carbocycles. The van der Waals surface area contributed by atoms with E-state index in [0.29, 0.717) is 18.8 Å². The summed E-state index contributed by atoms with van der Waals surface area (Å²) in [4.78, 5) is 33.4. The third kappa shape index (κ3) is 2.74. The molecule has 1 amide bonds. The van der Waals surface area contributed by atoms with E-state index in [1.165, 1.54) is 35.4 Å². The van der Waals surface area contributed by atoms with Crippen LogP contribution in [-0.2, 0) is 0 Å². The third-order valence-corrected chi connectivity index (χ3v) is 5.52. The molecule has 140 valence electrons. The molecule has 2 heterocycles. The molecular formula is C20H16N4O4. The highest BCUT2D eigenvalue weighted by atomic mass is 16.6. The van der Waals surface area contributed by atoms with Crippen LogP contribution in [0.2, 0.25) is 0 Å². The van der Waals surface area contributed by atoms with Crippen LogP contribution in [0.1, 0.15) is 29.4 Å². The minimum atomic E-state index is -0.487. The Morgan fingerprint density at radius 3 is 2.14 bits per heavy atom. The van der Waals surface area contributed by atoms with Gasteiger partial charge < -0.3 is 9.64 Å². The maximum absolute atomic E-state index is 12.6. The fraction of sp³-hybridized carbons (Fsp3) is 0.250. The monoisotopic (exact) mass is 376 g/mol. The first-order chi connectivity index (χ1) is 13.6. The van der Waals surface area contributed by atoms with Crippen LogP contribution in [0.25, 0.3) is 11.0 Å². The Morgan fingerprint density at radius 1 is 1.04 bits per heavy atom. The van der Waals surface area contributed by atoms with Gasteiger partial charge in [0.25, 0.3) is 5.69 Å². The van der Waals surface area contributed by atoms with Crippen molar-refractivity contribution in [3.05, 3.63) is 70.0 Å². The number of ether oxygens (including phenoxy) is 1. The smallest absolute Gasteiger partial charge is 0.410 e. The first-order valence-corrected chi connectivity index (χ1v) is 9.04. The van der Waals surface area contributed by atoms with Crippen LogP contribution < -0.4 is 4.74 Å². The number of carbonyl (C=O) groups excluding carboxylic acids is 1. The van der Waals surface area contributed by atoms with Gasteiger partial charge in [-0.25, -0.2) is 4.79 Å². The van der Waals surface area contributed by atoms with E-state index in [1.807, 2.05) is 0 Å². The molecule has 8 nitrogen and oxygen atoms in total. The van der Waals surface area contributed by atoms with Crippen LogP contribution in [0.3, 0.4) is 0 Å². The van der Waals surface area contributed by atoms with Gasteiger partial charge in [0.15, 0.2) is 0 Å². The molecule has 2 bridgehead atoms. The van der Waals surface area contributed by atoms with Gasteiger partial charge in [-0.05, 0) is 41.8 Å². The molecule has 0 spiro atoms. The summed E-state index contributed by atoms with van der Waals surface area (Å²) < 4.78 is 5.43. The number of aromatic nitrogens is 2. The van der Waals surface area contributed by atoms with Crippen LogP contribution >= 0.6 is 0 Å². The topological polar surface area (TPSA) is 98.5 Å². The summed E-state index contributed by atoms with van der Waals surface area (Å²) in [6.45, 7) is 1.17. The van der Waals surface area contributed by atoms with Gasteiger partial charge in [-0.15, -0.1) is 0 Å². The lowest BCUT2D eigenvalue weighted by Crippen LogP contribution is -2.41. The summed E-state index contributed by atoms with van der Waals surface area (Å²) in [7, 11) is 0. The predicted octanol–water partition coefficient (Wildman–Crippen LogP) is 3.62. The molecule has 0 radical (unpaired) electrons. The number of carbonyl (C=O) groups is 1. The Morgan fingerprint density at radius 2 is 1.61 bits per heavy atom. The Bertz CT molecular complexity index is 1050. The largest absolute Gasteiger partial charge is 0.415 e. The fourth-order valence-corrected chi connectivity index (χ4v) is 4.25. The summed E-state index contributed by atoms with van der Waals surface area (Å²) >= 11 is 0. The molecule has 5 rings (SSSR count). The van der Waals surface area contributed by atoms with E-state index in [2.05, 4.69) is 22.1 Å². The van der Waals surface area contributed by atoms with Gasteiger partial charge in [0.2, 0.25) is 0 Å². The lowest BCUT2D eigenvalue weighted by Gasteiger charge is -2.31. The molecule has 1 fully saturated rings. The maximum Gasteiger partial charge on any atom is 0.415 e. The Labute approximate surface area is 159 Å². The number of benzene rings is 2. The average Bonchev–Trinajstić information content (AvgIpc) is 2.96. The van der Waals surface area contributed by atoms with Crippen molar-refractivity contribution in [1.29, 1.82) is 0 Å². The average molecular weight is 376 g/mol. The zero-order valence-corrected chi connectivity index (χ0v) is 14.8. The number of nitrogens with zero attached hydrogens (tertiary/aromatic N) is 4. The second-order valence-electron chi connectivity index (χ2n) is 7.18. The van der Waals surface area contributed by atoms with E-state index in [1.54, 1.807) is 17.3 Å². The summed E-state index contributed by atoms with van der Waals surface area (Å²) in [5, 5.41) is 10.7. The standard InChI is InChI=1S/C20H16N4O4/c25-20(28-15-3-1-14(2-4-15)24(26)27)23-10-12-7-13(11-23)17-9-19-18(8-16(12)17)21-5-6-22-19/h1-6,8-9,12-13H,7,10-11H2/t12-,13-/m0/s1. The van der Waals surface area contributed by atoms with Crippen LogP contribution in [-0.4, -0.2) is 39.0 Å². The van der Waals surface area contributed by atoms with E-state index in [-0.39, 0.29) is 17.5 Å². The van der Waals surface area contributed by atoms with Crippen molar-refractivity contribution in [2.24, 2.45) is 0 Å². The molecule has 2 atom stereocenters. The second-order valence-corrected chi connectivity index (χ2v) is 7.18. The van der Waals surface area contributed by atoms with E-state index in [0.717, 1.165) is 17.5 Å². The summed E-state index contributed by atoms with van der Waals surface area (Å²) in [6.07, 6.45) is 3.94. The van der Waals surface area contributed by atoms with Crippen molar-refractivity contribution in [2.75, 3.05) is 13.1 Å². The molecule has 0 unspecified atom stereocenters. The SMILES string of the molecule is O=C(Oc1ccc([N+](=O)[O-])cc1)N1C[C@@H]2C[C@@H](C1)c1cc3nccnc3cc12. The van der Waals surface area contributed by atoms with Gasteiger partial charge in [-0.1, -0.05) is 0 Å². The fourth-order valence-electron chi connectivity index (χ4n) is 4.25. The number of hydrogen-bond acceptors (Lipinski definition) is 6. The van der Waals surface area contributed by atoms with Gasteiger partial charge in [0.05, 0.1) is 16.0 Å². The molecule has 28 heavy (non-hydrogen) atoms. The molecule has 2 aliphatic rings. The number of likely N-dealkylation sites (tertiary alicyclic amines) is 1. The molecule has 2 aromatic carbocycles. The molecule has 0 N–H and O–H groups in total. The Balaban J connectivity index is 1.35. The third-order valence-electron chi connectivity index (χ3n) is 5.52. The second kappa shape index (κ2) is 6.26. The van der Waals surface area contributed by atoms with Crippen molar-refractivity contribution in [1.82, 2.24) is 14.9 Å². The number of nitro benzene ring substituents is 1. The van der Waals surface area contributed by atoms with Gasteiger partial charge in [-0.3, -0.25) is 20.1 Å². The van der Waals surface area contributed by atoms with Crippen LogP contribution in [0, 0.1) is 10.1 Å². The molecule has 1 aromatic heterocycles. The molecule has 0 saturated carbocycles. The van der Waals surface area contributed by atoms with Crippen LogP contribution in [0.15, 0.2) is 48.8 Å². The Hall–Kier alpha value is -3.55. The molecular weight excluding hydrogens is 360 g/mol. The van der Waals surface area contributed by atoms with Gasteiger partial charge in [-0.2, -0.15) is 0 Å².